The van der Waals surface area contributed by atoms with Gasteiger partial charge in [-0.3, -0.25) is 0 Å². The molecule has 0 aliphatic carbocycles. The van der Waals surface area contributed by atoms with Gasteiger partial charge >= 0.3 is 352 Å². The van der Waals surface area contributed by atoms with Crippen LogP contribution >= 0.6 is 21.8 Å². The molecule has 60 heavy (non-hydrogen) atoms. The molecule has 0 aromatic heterocycles. The molecule has 6 heteroatoms. The molecule has 0 amide bonds. The molecule has 10 rings (SSSR count). The Balaban J connectivity index is 1.39. The first-order chi connectivity index (χ1) is 29.4. The van der Waals surface area contributed by atoms with Crippen molar-refractivity contribution in [3.05, 3.63) is 237 Å². The van der Waals surface area contributed by atoms with Gasteiger partial charge in [-0.15, -0.1) is 0 Å². The molecule has 2 unspecified atom stereocenters. The van der Waals surface area contributed by atoms with E-state index in [4.69, 9.17) is 0 Å². The summed E-state index contributed by atoms with van der Waals surface area (Å²) in [6.45, 7) is 0. The molecule has 0 radical (unpaired) electrons. The van der Waals surface area contributed by atoms with Crippen molar-refractivity contribution in [1.29, 1.82) is 0 Å². The van der Waals surface area contributed by atoms with Gasteiger partial charge in [-0.05, 0) is 0 Å². The van der Waals surface area contributed by atoms with Crippen LogP contribution in [0.4, 0.5) is 0 Å². The zero-order valence-corrected chi connectivity index (χ0v) is 35.5. The van der Waals surface area contributed by atoms with Crippen LogP contribution in [0, 0.1) is 0 Å². The van der Waals surface area contributed by atoms with E-state index in [1.54, 1.807) is 0 Å². The van der Waals surface area contributed by atoms with Gasteiger partial charge in [0.25, 0.3) is 0 Å². The quantitative estimate of drug-likeness (QED) is 0.148. The van der Waals surface area contributed by atoms with Crippen LogP contribution in [0.5, 0.6) is 0 Å². The van der Waals surface area contributed by atoms with Crippen LogP contribution in [0.15, 0.2) is 237 Å². The molecule has 0 saturated heterocycles. The number of rotatable bonds is 9. The third-order valence-corrected chi connectivity index (χ3v) is 21.5. The monoisotopic (exact) mass is 830 g/mol. The van der Waals surface area contributed by atoms with Gasteiger partial charge in [0.15, 0.2) is 0 Å². The number of hydrogen-bond acceptors (Lipinski definition) is 3. The molecule has 10 aromatic rings. The fourth-order valence-corrected chi connectivity index (χ4v) is 18.5. The van der Waals surface area contributed by atoms with Crippen molar-refractivity contribution in [2.24, 2.45) is 0 Å². The van der Waals surface area contributed by atoms with Crippen LogP contribution in [0.1, 0.15) is 0 Å². The molecule has 0 aliphatic heterocycles. The van der Waals surface area contributed by atoms with Crippen LogP contribution in [0.2, 0.25) is 0 Å². The molecule has 0 spiro atoms. The van der Waals surface area contributed by atoms with Crippen LogP contribution in [-0.2, 0) is 9.13 Å². The average Bonchev–Trinajstić information content (AvgIpc) is 3.33. The fourth-order valence-electron chi connectivity index (χ4n) is 8.96. The van der Waals surface area contributed by atoms with Gasteiger partial charge in [-0.25, -0.2) is 0 Å². The number of hydrogen-bond donors (Lipinski definition) is 1. The van der Waals surface area contributed by atoms with Crippen LogP contribution in [0.25, 0.3) is 32.3 Å². The Morgan fingerprint density at radius 2 is 0.683 bits per heavy atom. The Hall–Kier alpha value is -6.17. The van der Waals surface area contributed by atoms with Crippen LogP contribution < -0.4 is 47.7 Å². The summed E-state index contributed by atoms with van der Waals surface area (Å²) in [4.78, 5) is 14.1. The number of fused-ring (bicyclic) bond motifs is 3. The summed E-state index contributed by atoms with van der Waals surface area (Å²) in [5.74, 6) is 0. The van der Waals surface area contributed by atoms with Gasteiger partial charge in [0.1, 0.15) is 0 Å². The topological polar surface area (TPSA) is 54.4 Å². The van der Waals surface area contributed by atoms with Crippen molar-refractivity contribution < 1.29 is 14.0 Å². The van der Waals surface area contributed by atoms with Crippen molar-refractivity contribution in [1.82, 2.24) is 0 Å². The Bertz CT molecular complexity index is 3130. The summed E-state index contributed by atoms with van der Waals surface area (Å²) >= 11 is 0. The van der Waals surface area contributed by atoms with Crippen molar-refractivity contribution in [3.8, 4) is 0 Å². The maximum atomic E-state index is 17.0. The molecule has 0 fully saturated rings. The minimum atomic E-state index is -4.02. The molecule has 3 nitrogen and oxygen atoms in total. The van der Waals surface area contributed by atoms with E-state index in [1.807, 2.05) is 218 Å². The molecule has 0 aliphatic rings. The van der Waals surface area contributed by atoms with Crippen LogP contribution in [-0.4, -0.2) is 4.89 Å². The van der Waals surface area contributed by atoms with E-state index in [2.05, 4.69) is 18.2 Å². The zero-order chi connectivity index (χ0) is 40.7. The summed E-state index contributed by atoms with van der Waals surface area (Å²) in [6.07, 6.45) is 0. The molecular weight excluding hydrogens is 790 g/mol. The molecule has 1 N–H and O–H groups in total. The average molecular weight is 831 g/mol. The second-order valence-electron chi connectivity index (χ2n) is 15.2. The Labute approximate surface area is 350 Å². The normalized spacial score (nSPS) is 14.1. The molecule has 2 atom stereocenters. The van der Waals surface area contributed by atoms with Gasteiger partial charge in [0.05, 0.1) is 0 Å². The summed E-state index contributed by atoms with van der Waals surface area (Å²) in [6, 6.07) is 77.3. The first kappa shape index (κ1) is 38.1. The van der Waals surface area contributed by atoms with Crippen LogP contribution in [0.3, 0.4) is 0 Å². The zero-order valence-electron chi connectivity index (χ0n) is 32.7. The van der Waals surface area contributed by atoms with E-state index < -0.39 is 21.8 Å². The van der Waals surface area contributed by atoms with Gasteiger partial charge in [-0.2, -0.15) is 0 Å². The van der Waals surface area contributed by atoms with E-state index in [-0.39, 0.29) is 0 Å². The van der Waals surface area contributed by atoms with E-state index in [0.29, 0.717) is 37.1 Å². The van der Waals surface area contributed by atoms with Gasteiger partial charge in [0.2, 0.25) is 0 Å². The predicted molar refractivity (Wildman–Crippen MR) is 260 cm³/mol. The van der Waals surface area contributed by atoms with E-state index >= 15 is 9.13 Å². The Morgan fingerprint density at radius 1 is 0.317 bits per heavy atom. The second kappa shape index (κ2) is 15.5. The molecule has 10 aromatic carbocycles. The third kappa shape index (κ3) is 6.21. The van der Waals surface area contributed by atoms with E-state index in [0.717, 1.165) is 42.9 Å². The van der Waals surface area contributed by atoms with Crippen molar-refractivity contribution in [2.75, 3.05) is 0 Å². The first-order valence-electron chi connectivity index (χ1n) is 20.1. The molecular formula is C54H41O3P3. The molecule has 290 valence electrons. The summed E-state index contributed by atoms with van der Waals surface area (Å²) in [7, 11) is -11.6. The van der Waals surface area contributed by atoms with Gasteiger partial charge in [-0.1, -0.05) is 0 Å². The van der Waals surface area contributed by atoms with E-state index in [9.17, 15) is 4.89 Å². The molecule has 0 heterocycles. The molecule has 0 saturated carbocycles. The standard InChI is InChI=1S/C54H41O3P3/c55-58(43-25-4-1-5-26-43,52-34-16-22-40-19-10-13-31-49(40)52)46-37-47(59(56,44-27-6-2-7-28-44)53-35-17-23-41-20-11-14-32-50(41)53)39-48(38-46)60(57,45-29-8-3-9-30-45)54-36-18-24-42-21-12-15-33-51(42)54/h1-39,55,58H. The maximum absolute atomic E-state index is 17.0. The summed E-state index contributed by atoms with van der Waals surface area (Å²) in [5.41, 5.74) is 0. The van der Waals surface area contributed by atoms with Crippen molar-refractivity contribution in [3.63, 3.8) is 0 Å². The third-order valence-electron chi connectivity index (χ3n) is 11.9. The van der Waals surface area contributed by atoms with Crippen molar-refractivity contribution in [2.45, 2.75) is 0 Å². The summed E-state index contributed by atoms with van der Waals surface area (Å²) < 4.78 is 34.0. The molecule has 0 bridgehead atoms. The summed E-state index contributed by atoms with van der Waals surface area (Å²) in [5, 5.41) is 11.5. The van der Waals surface area contributed by atoms with Gasteiger partial charge in [0, 0.05) is 0 Å². The Morgan fingerprint density at radius 3 is 1.17 bits per heavy atom. The van der Waals surface area contributed by atoms with Gasteiger partial charge < -0.3 is 0 Å². The minimum absolute atomic E-state index is 0.510. The van der Waals surface area contributed by atoms with Crippen molar-refractivity contribution >= 4 is 102 Å². The SMILES string of the molecule is O=P(c1ccccc1)(c1cc(P(=O)(c2ccccc2)c2cccc3ccccc23)cc([PH](O)(c2ccccc2)c2cccc3ccccc23)c1)c1cccc2ccccc12. The Kier molecular flexibility index (Phi) is 9.80. The fraction of sp³-hybridized carbons (Fsp3) is 0. The number of benzene rings is 10. The second-order valence-corrected chi connectivity index (χ2v) is 23.8. The van der Waals surface area contributed by atoms with E-state index in [1.165, 1.54) is 0 Å². The predicted octanol–water partition coefficient (Wildman–Crippen LogP) is 9.36. The first-order valence-corrected chi connectivity index (χ1v) is 25.5.